The average Bonchev–Trinajstić information content (AvgIpc) is 2.36. The van der Waals surface area contributed by atoms with Crippen molar-refractivity contribution in [2.75, 3.05) is 0 Å². The number of rotatable bonds is 8. The van der Waals surface area contributed by atoms with Gasteiger partial charge in [-0.15, -0.1) is 5.54 Å². The maximum absolute atomic E-state index is 9.74. The van der Waals surface area contributed by atoms with E-state index in [1.54, 1.807) is 0 Å². The van der Waals surface area contributed by atoms with Crippen molar-refractivity contribution in [2.24, 2.45) is 0 Å². The van der Waals surface area contributed by atoms with Gasteiger partial charge in [-0.05, 0) is 25.3 Å². The second-order valence-corrected chi connectivity index (χ2v) is 10.8. The van der Waals surface area contributed by atoms with Crippen LogP contribution in [0.4, 0.5) is 0 Å². The molecule has 1 nitrogen and oxygen atoms in total. The summed E-state index contributed by atoms with van der Waals surface area (Å²) in [5.41, 5.74) is 3.26. The van der Waals surface area contributed by atoms with Crippen molar-refractivity contribution in [3.63, 3.8) is 0 Å². The molecule has 0 unspecified atom stereocenters. The second-order valence-electron chi connectivity index (χ2n) is 6.03. The maximum atomic E-state index is 9.74. The van der Waals surface area contributed by atoms with Crippen LogP contribution in [0.5, 0.6) is 0 Å². The zero-order valence-corrected chi connectivity index (χ0v) is 14.5. The normalized spacial score (nSPS) is 14.1. The summed E-state index contributed by atoms with van der Waals surface area (Å²) in [7, 11) is -1.27. The molecule has 0 bridgehead atoms. The van der Waals surface area contributed by atoms with E-state index in [4.69, 9.17) is 0 Å². The largest absolute Gasteiger partial charge is 0.389 e. The quantitative estimate of drug-likeness (QED) is 0.222. The van der Waals surface area contributed by atoms with Crippen LogP contribution in [0.3, 0.4) is 0 Å². The number of hydrogen-bond donors (Lipinski definition) is 1. The highest BCUT2D eigenvalue weighted by atomic mass is 28.3. The first-order valence-electron chi connectivity index (χ1n) is 7.65. The lowest BCUT2D eigenvalue weighted by molar-refractivity contribution is 0.227. The van der Waals surface area contributed by atoms with E-state index in [0.717, 1.165) is 6.42 Å². The molecule has 0 fully saturated rings. The molecule has 0 aliphatic carbocycles. The van der Waals surface area contributed by atoms with Gasteiger partial charge in [-0.3, -0.25) is 0 Å². The molecule has 20 heavy (non-hydrogen) atoms. The fraction of sp³-hybridized carbons (Fsp3) is 0.556. The smallest absolute Gasteiger partial charge is 0.129 e. The van der Waals surface area contributed by atoms with Gasteiger partial charge < -0.3 is 5.11 Å². The van der Waals surface area contributed by atoms with E-state index in [1.165, 1.54) is 19.3 Å². The second kappa shape index (κ2) is 11.8. The molecule has 0 heterocycles. The molecule has 0 saturated heterocycles. The van der Waals surface area contributed by atoms with Crippen LogP contribution < -0.4 is 0 Å². The Balaban J connectivity index is 3.84. The van der Waals surface area contributed by atoms with Crippen LogP contribution in [-0.4, -0.2) is 19.3 Å². The van der Waals surface area contributed by atoms with Gasteiger partial charge in [-0.25, -0.2) is 0 Å². The number of aliphatic hydroxyl groups is 1. The van der Waals surface area contributed by atoms with Crippen molar-refractivity contribution in [1.82, 2.24) is 0 Å². The van der Waals surface area contributed by atoms with Crippen LogP contribution >= 0.6 is 0 Å². The molecule has 1 atom stereocenters. The SMILES string of the molecule is CCCCC/C=C\C[C@@H](O)/C=C/C=C/C#C[Si](C)(C)C. The van der Waals surface area contributed by atoms with Gasteiger partial charge in [-0.1, -0.05) is 75.7 Å². The van der Waals surface area contributed by atoms with Gasteiger partial charge in [0, 0.05) is 0 Å². The van der Waals surface area contributed by atoms with Crippen molar-refractivity contribution in [3.8, 4) is 11.5 Å². The van der Waals surface area contributed by atoms with Crippen LogP contribution in [0, 0.1) is 11.5 Å². The molecule has 0 aromatic heterocycles. The summed E-state index contributed by atoms with van der Waals surface area (Å²) in [6, 6.07) is 0. The molecule has 112 valence electrons. The summed E-state index contributed by atoms with van der Waals surface area (Å²) in [6.07, 6.45) is 16.9. The highest BCUT2D eigenvalue weighted by Crippen LogP contribution is 2.02. The van der Waals surface area contributed by atoms with E-state index in [-0.39, 0.29) is 0 Å². The van der Waals surface area contributed by atoms with Crippen molar-refractivity contribution >= 4 is 8.07 Å². The number of allylic oxidation sites excluding steroid dienone is 4. The Kier molecular flexibility index (Phi) is 11.1. The molecule has 2 heteroatoms. The van der Waals surface area contributed by atoms with E-state index in [9.17, 15) is 5.11 Å². The predicted molar refractivity (Wildman–Crippen MR) is 93.3 cm³/mol. The predicted octanol–water partition coefficient (Wildman–Crippen LogP) is 4.87. The minimum atomic E-state index is -1.27. The van der Waals surface area contributed by atoms with Gasteiger partial charge >= 0.3 is 0 Å². The molecule has 0 radical (unpaired) electrons. The fourth-order valence-electron chi connectivity index (χ4n) is 1.50. The average molecular weight is 291 g/mol. The molecular weight excluding hydrogens is 260 g/mol. The molecule has 0 saturated carbocycles. The first-order chi connectivity index (χ1) is 9.45. The fourth-order valence-corrected chi connectivity index (χ4v) is 2.01. The third-order valence-corrected chi connectivity index (χ3v) is 3.48. The van der Waals surface area contributed by atoms with Crippen molar-refractivity contribution in [2.45, 2.75) is 64.8 Å². The monoisotopic (exact) mass is 290 g/mol. The van der Waals surface area contributed by atoms with Crippen LogP contribution in [0.15, 0.2) is 36.5 Å². The molecule has 0 spiro atoms. The van der Waals surface area contributed by atoms with Crippen LogP contribution in [0.1, 0.15) is 39.0 Å². The summed E-state index contributed by atoms with van der Waals surface area (Å²) in [4.78, 5) is 0. The van der Waals surface area contributed by atoms with Crippen molar-refractivity contribution < 1.29 is 5.11 Å². The van der Waals surface area contributed by atoms with Crippen molar-refractivity contribution in [3.05, 3.63) is 36.5 Å². The minimum Gasteiger partial charge on any atom is -0.389 e. The molecule has 0 aliphatic rings. The van der Waals surface area contributed by atoms with Gasteiger partial charge in [0.05, 0.1) is 6.10 Å². The van der Waals surface area contributed by atoms with Crippen LogP contribution in [-0.2, 0) is 0 Å². The van der Waals surface area contributed by atoms with Gasteiger partial charge in [0.2, 0.25) is 0 Å². The van der Waals surface area contributed by atoms with E-state index in [2.05, 4.69) is 50.2 Å². The first-order valence-corrected chi connectivity index (χ1v) is 11.1. The highest BCUT2D eigenvalue weighted by Gasteiger charge is 2.06. The van der Waals surface area contributed by atoms with E-state index in [1.807, 2.05) is 24.3 Å². The zero-order valence-electron chi connectivity index (χ0n) is 13.5. The summed E-state index contributed by atoms with van der Waals surface area (Å²) in [5, 5.41) is 9.74. The Bertz CT molecular complexity index is 374. The summed E-state index contributed by atoms with van der Waals surface area (Å²) in [6.45, 7) is 8.88. The third kappa shape index (κ3) is 15.0. The lowest BCUT2D eigenvalue weighted by atomic mass is 10.1. The molecule has 0 rings (SSSR count). The van der Waals surface area contributed by atoms with Crippen LogP contribution in [0.2, 0.25) is 19.6 Å². The Morgan fingerprint density at radius 3 is 2.50 bits per heavy atom. The third-order valence-electron chi connectivity index (χ3n) is 2.59. The number of hydrogen-bond acceptors (Lipinski definition) is 1. The Hall–Kier alpha value is -1.04. The number of aliphatic hydroxyl groups excluding tert-OH is 1. The topological polar surface area (TPSA) is 20.2 Å². The van der Waals surface area contributed by atoms with Gasteiger partial charge in [-0.2, -0.15) is 0 Å². The van der Waals surface area contributed by atoms with Gasteiger partial charge in [0.15, 0.2) is 0 Å². The van der Waals surface area contributed by atoms with Gasteiger partial charge in [0.1, 0.15) is 8.07 Å². The zero-order chi connectivity index (χ0) is 15.3. The molecular formula is C18H30OSi. The molecule has 0 amide bonds. The Morgan fingerprint density at radius 2 is 1.85 bits per heavy atom. The molecule has 0 aromatic carbocycles. The van der Waals surface area contributed by atoms with Gasteiger partial charge in [0.25, 0.3) is 0 Å². The van der Waals surface area contributed by atoms with Crippen molar-refractivity contribution in [1.29, 1.82) is 0 Å². The summed E-state index contributed by atoms with van der Waals surface area (Å²) < 4.78 is 0. The molecule has 0 aliphatic heterocycles. The standard InChI is InChI=1S/C18H30OSi/c1-5-6-7-8-9-12-15-18(19)16-13-10-11-14-17-20(2,3)4/h9-13,16,18-19H,5-8,15H2,1-4H3/b11-10+,12-9-,16-13+/t18-/m1/s1. The Morgan fingerprint density at radius 1 is 1.10 bits per heavy atom. The van der Waals surface area contributed by atoms with E-state index >= 15 is 0 Å². The minimum absolute atomic E-state index is 0.396. The molecule has 0 aromatic rings. The summed E-state index contributed by atoms with van der Waals surface area (Å²) in [5.74, 6) is 3.06. The summed E-state index contributed by atoms with van der Waals surface area (Å²) >= 11 is 0. The lowest BCUT2D eigenvalue weighted by Crippen LogP contribution is -2.16. The number of unbranched alkanes of at least 4 members (excludes halogenated alkanes) is 3. The van der Waals surface area contributed by atoms with E-state index < -0.39 is 14.2 Å². The van der Waals surface area contributed by atoms with E-state index in [0.29, 0.717) is 6.42 Å². The maximum Gasteiger partial charge on any atom is 0.129 e. The first kappa shape index (κ1) is 19.0. The Labute approximate surface area is 126 Å². The highest BCUT2D eigenvalue weighted by molar-refractivity contribution is 6.83. The molecule has 1 N–H and O–H groups in total. The van der Waals surface area contributed by atoms with Crippen LogP contribution in [0.25, 0.3) is 0 Å². The lowest BCUT2D eigenvalue weighted by Gasteiger charge is -2.02.